The predicted molar refractivity (Wildman–Crippen MR) is 111 cm³/mol. The number of carbonyl (C=O) groups is 2. The van der Waals surface area contributed by atoms with E-state index in [0.29, 0.717) is 52.0 Å². The molecular formula is C21H19ClFN3O2S. The van der Waals surface area contributed by atoms with E-state index in [9.17, 15) is 14.0 Å². The Labute approximate surface area is 176 Å². The first-order valence-corrected chi connectivity index (χ1v) is 10.5. The number of nitrogens with two attached hydrogens (primary N) is 1. The topological polar surface area (TPSA) is 78.0 Å². The van der Waals surface area contributed by atoms with Gasteiger partial charge in [0.25, 0.3) is 0 Å². The Hall–Kier alpha value is -2.35. The number of nitrogens with zero attached hydrogens (tertiary/aromatic N) is 2. The van der Waals surface area contributed by atoms with Crippen LogP contribution in [0.25, 0.3) is 11.3 Å². The first-order valence-electron chi connectivity index (χ1n) is 9.32. The molecule has 1 aliphatic heterocycles. The molecule has 0 unspecified atom stereocenters. The van der Waals surface area contributed by atoms with Crippen LogP contribution in [0.3, 0.4) is 0 Å². The second-order valence-electron chi connectivity index (χ2n) is 7.15. The number of aromatic nitrogens is 2. The number of fused-ring (bicyclic) bond motifs is 3. The van der Waals surface area contributed by atoms with Gasteiger partial charge in [0.15, 0.2) is 11.6 Å². The lowest BCUT2D eigenvalue weighted by Crippen LogP contribution is -2.20. The van der Waals surface area contributed by atoms with E-state index in [1.807, 2.05) is 6.07 Å². The summed E-state index contributed by atoms with van der Waals surface area (Å²) in [6.07, 6.45) is 2.62. The van der Waals surface area contributed by atoms with Crippen molar-refractivity contribution >= 4 is 34.5 Å². The number of hydrogen-bond donors (Lipinski definition) is 1. The molecule has 2 N–H and O–H groups in total. The average molecular weight is 432 g/mol. The van der Waals surface area contributed by atoms with Crippen LogP contribution in [0.1, 0.15) is 37.7 Å². The Balaban J connectivity index is 1.58. The Kier molecular flexibility index (Phi) is 5.63. The molecule has 0 radical (unpaired) electrons. The van der Waals surface area contributed by atoms with Crippen molar-refractivity contribution in [1.29, 1.82) is 0 Å². The van der Waals surface area contributed by atoms with Crippen LogP contribution < -0.4 is 5.73 Å². The van der Waals surface area contributed by atoms with Crippen molar-refractivity contribution < 1.29 is 14.0 Å². The SMILES string of the molecule is NC[C@@H](CC(=O)c1cc2c(s1)C(=O)CCn1ncc(Cl)c1-2)Cc1cccc(F)c1. The summed E-state index contributed by atoms with van der Waals surface area (Å²) in [7, 11) is 0. The molecule has 0 saturated carbocycles. The fourth-order valence-electron chi connectivity index (χ4n) is 3.63. The van der Waals surface area contributed by atoms with Crippen molar-refractivity contribution in [3.05, 3.63) is 62.7 Å². The number of benzene rings is 1. The predicted octanol–water partition coefficient (Wildman–Crippen LogP) is 4.38. The Morgan fingerprint density at radius 2 is 2.21 bits per heavy atom. The van der Waals surface area contributed by atoms with E-state index in [2.05, 4.69) is 5.10 Å². The molecule has 0 spiro atoms. The summed E-state index contributed by atoms with van der Waals surface area (Å²) in [5.41, 5.74) is 8.02. The fraction of sp³-hybridized carbons (Fsp3) is 0.286. The zero-order valence-corrected chi connectivity index (χ0v) is 17.1. The monoisotopic (exact) mass is 431 g/mol. The van der Waals surface area contributed by atoms with Gasteiger partial charge in [-0.3, -0.25) is 14.3 Å². The first kappa shape index (κ1) is 19.9. The second kappa shape index (κ2) is 8.18. The molecule has 1 atom stereocenters. The molecule has 2 aromatic heterocycles. The molecule has 8 heteroatoms. The average Bonchev–Trinajstić information content (AvgIpc) is 3.26. The lowest BCUT2D eigenvalue weighted by molar-refractivity contribution is 0.0964. The van der Waals surface area contributed by atoms with E-state index >= 15 is 0 Å². The van der Waals surface area contributed by atoms with Gasteiger partial charge in [-0.05, 0) is 42.6 Å². The third kappa shape index (κ3) is 4.03. The molecule has 29 heavy (non-hydrogen) atoms. The van der Waals surface area contributed by atoms with Crippen LogP contribution in [0.2, 0.25) is 5.02 Å². The lowest BCUT2D eigenvalue weighted by atomic mass is 9.93. The molecular weight excluding hydrogens is 413 g/mol. The Morgan fingerprint density at radius 3 is 2.97 bits per heavy atom. The minimum absolute atomic E-state index is 0.0132. The summed E-state index contributed by atoms with van der Waals surface area (Å²) in [6.45, 7) is 0.777. The van der Waals surface area contributed by atoms with Crippen LogP contribution >= 0.6 is 22.9 Å². The van der Waals surface area contributed by atoms with Crippen LogP contribution in [0.5, 0.6) is 0 Å². The normalized spacial score (nSPS) is 14.2. The zero-order valence-electron chi connectivity index (χ0n) is 15.5. The van der Waals surface area contributed by atoms with Crippen molar-refractivity contribution in [1.82, 2.24) is 9.78 Å². The molecule has 0 amide bonds. The highest BCUT2D eigenvalue weighted by Crippen LogP contribution is 2.39. The molecule has 5 nitrogen and oxygen atoms in total. The van der Waals surface area contributed by atoms with Gasteiger partial charge in [0, 0.05) is 24.9 Å². The molecule has 0 saturated heterocycles. The van der Waals surface area contributed by atoms with Gasteiger partial charge >= 0.3 is 0 Å². The molecule has 1 aliphatic rings. The van der Waals surface area contributed by atoms with Gasteiger partial charge < -0.3 is 5.73 Å². The van der Waals surface area contributed by atoms with Gasteiger partial charge in [-0.25, -0.2) is 4.39 Å². The fourth-order valence-corrected chi connectivity index (χ4v) is 4.95. The third-order valence-electron chi connectivity index (χ3n) is 5.08. The largest absolute Gasteiger partial charge is 0.330 e. The van der Waals surface area contributed by atoms with Gasteiger partial charge in [-0.2, -0.15) is 5.10 Å². The molecule has 3 heterocycles. The quantitative estimate of drug-likeness (QED) is 0.587. The maximum absolute atomic E-state index is 13.4. The molecule has 3 aromatic rings. The summed E-state index contributed by atoms with van der Waals surface area (Å²) < 4.78 is 15.1. The number of halogens is 2. The van der Waals surface area contributed by atoms with Gasteiger partial charge in [-0.1, -0.05) is 23.7 Å². The molecule has 0 fully saturated rings. The smallest absolute Gasteiger partial charge is 0.175 e. The molecule has 150 valence electrons. The van der Waals surface area contributed by atoms with Crippen molar-refractivity contribution in [2.45, 2.75) is 25.8 Å². The Morgan fingerprint density at radius 1 is 1.38 bits per heavy atom. The second-order valence-corrected chi connectivity index (χ2v) is 8.61. The lowest BCUT2D eigenvalue weighted by Gasteiger charge is -2.13. The number of thiophene rings is 1. The highest BCUT2D eigenvalue weighted by molar-refractivity contribution is 7.16. The maximum Gasteiger partial charge on any atom is 0.175 e. The van der Waals surface area contributed by atoms with E-state index < -0.39 is 0 Å². The molecule has 0 aliphatic carbocycles. The van der Waals surface area contributed by atoms with Crippen LogP contribution in [0, 0.1) is 11.7 Å². The van der Waals surface area contributed by atoms with Crippen molar-refractivity contribution in [2.24, 2.45) is 11.7 Å². The van der Waals surface area contributed by atoms with Crippen LogP contribution in [0.15, 0.2) is 36.5 Å². The van der Waals surface area contributed by atoms with Crippen molar-refractivity contribution in [3.63, 3.8) is 0 Å². The van der Waals surface area contributed by atoms with E-state index in [1.165, 1.54) is 23.5 Å². The highest BCUT2D eigenvalue weighted by Gasteiger charge is 2.28. The summed E-state index contributed by atoms with van der Waals surface area (Å²) in [5, 5.41) is 4.69. The summed E-state index contributed by atoms with van der Waals surface area (Å²) in [5.74, 6) is -0.514. The number of Topliss-reactive ketones (excluding diaryl/α,β-unsaturated/α-hetero) is 2. The first-order chi connectivity index (χ1) is 14.0. The molecule has 4 rings (SSSR count). The third-order valence-corrected chi connectivity index (χ3v) is 6.58. The van der Waals surface area contributed by atoms with Crippen LogP contribution in [-0.2, 0) is 13.0 Å². The maximum atomic E-state index is 13.4. The van der Waals surface area contributed by atoms with Crippen molar-refractivity contribution in [2.75, 3.05) is 6.54 Å². The minimum Gasteiger partial charge on any atom is -0.330 e. The molecule has 1 aromatic carbocycles. The number of rotatable bonds is 6. The van der Waals surface area contributed by atoms with Crippen LogP contribution in [-0.4, -0.2) is 27.9 Å². The van der Waals surface area contributed by atoms with Crippen LogP contribution in [0.4, 0.5) is 4.39 Å². The van der Waals surface area contributed by atoms with E-state index in [1.54, 1.807) is 23.0 Å². The number of carbonyl (C=O) groups excluding carboxylic acids is 2. The minimum atomic E-state index is -0.307. The molecule has 0 bridgehead atoms. The van der Waals surface area contributed by atoms with E-state index in [4.69, 9.17) is 17.3 Å². The van der Waals surface area contributed by atoms with Gasteiger partial charge in [-0.15, -0.1) is 11.3 Å². The Bertz CT molecular complexity index is 1090. The van der Waals surface area contributed by atoms with Crippen molar-refractivity contribution in [3.8, 4) is 11.3 Å². The number of hydrogen-bond acceptors (Lipinski definition) is 5. The zero-order chi connectivity index (χ0) is 20.5. The summed E-state index contributed by atoms with van der Waals surface area (Å²) >= 11 is 7.48. The standard InChI is InChI=1S/C21H19ClFN3O2S/c22-16-11-25-26-5-4-17(27)21-15(20(16)26)9-19(29-21)18(28)8-13(10-24)6-12-2-1-3-14(23)7-12/h1-3,7,9,11,13H,4-6,8,10,24H2/t13-/m1/s1. The van der Waals surface area contributed by atoms with E-state index in [0.717, 1.165) is 5.56 Å². The van der Waals surface area contributed by atoms with Gasteiger partial charge in [0.2, 0.25) is 0 Å². The number of aryl methyl sites for hydroxylation is 1. The van der Waals surface area contributed by atoms with E-state index in [-0.39, 0.29) is 29.7 Å². The summed E-state index contributed by atoms with van der Waals surface area (Å²) in [4.78, 5) is 26.5. The van der Waals surface area contributed by atoms with Gasteiger partial charge in [0.1, 0.15) is 5.82 Å². The number of ketones is 2. The highest BCUT2D eigenvalue weighted by atomic mass is 35.5. The summed E-state index contributed by atoms with van der Waals surface area (Å²) in [6, 6.07) is 8.06. The van der Waals surface area contributed by atoms with Gasteiger partial charge in [0.05, 0.1) is 26.7 Å².